The van der Waals surface area contributed by atoms with Crippen LogP contribution in [0, 0.1) is 0 Å². The van der Waals surface area contributed by atoms with Crippen LogP contribution in [0.25, 0.3) is 21.7 Å². The van der Waals surface area contributed by atoms with E-state index in [0.717, 1.165) is 111 Å². The molecule has 81 heavy (non-hydrogen) atoms. The van der Waals surface area contributed by atoms with E-state index in [1.165, 1.54) is 38.9 Å². The van der Waals surface area contributed by atoms with Crippen molar-refractivity contribution in [1.82, 2.24) is 0 Å². The van der Waals surface area contributed by atoms with Gasteiger partial charge in [-0.15, -0.1) is 0 Å². The lowest BCUT2D eigenvalue weighted by atomic mass is 9.35. The fourth-order valence-corrected chi connectivity index (χ4v) is 15.2. The van der Waals surface area contributed by atoms with Crippen LogP contribution in [0.3, 0.4) is 0 Å². The fraction of sp³-hybridized carbons (Fsp3) is 0.368. The average molecular weight is 1070 g/mol. The summed E-state index contributed by atoms with van der Waals surface area (Å²) in [6, 6.07) is 43.5. The van der Waals surface area contributed by atoms with Gasteiger partial charge < -0.3 is 19.1 Å². The van der Waals surface area contributed by atoms with Crippen molar-refractivity contribution in [3.8, 4) is 0 Å². The van der Waals surface area contributed by atoms with Crippen LogP contribution in [-0.4, -0.2) is 6.71 Å². The maximum absolute atomic E-state index is 9.84. The summed E-state index contributed by atoms with van der Waals surface area (Å²) in [4.78, 5) is 6.92. The lowest BCUT2D eigenvalue weighted by Gasteiger charge is -2.46. The molecular formula is C76H82BN3O. The first-order valence-corrected chi connectivity index (χ1v) is 30.0. The Kier molecular flexibility index (Phi) is 9.95. The zero-order valence-corrected chi connectivity index (χ0v) is 50.6. The SMILES string of the molecule is [2H]c1c([2H])c([2H])c(N(c2cc3c4c(c2)N(c2ccc5c(c2)C(C)(C)CCC5(C)C)c2c(oc5cc6c(cc25)C(C)(C)CCC6(C)C)B4c2cc(C(C)(C)C)ccc2N3c2ccc3c(c2)C(C)(C)CCC3(C)C)c2ccc3ccccc3c2)c([2H])c1[2H]. The molecule has 8 aromatic carbocycles. The molecule has 3 heterocycles. The van der Waals surface area contributed by atoms with E-state index in [2.05, 4.69) is 217 Å². The highest BCUT2D eigenvalue weighted by Gasteiger charge is 2.50. The average Bonchev–Trinajstić information content (AvgIpc) is 1.28. The van der Waals surface area contributed by atoms with Gasteiger partial charge >= 0.3 is 0 Å². The zero-order valence-electron chi connectivity index (χ0n) is 55.6. The van der Waals surface area contributed by atoms with Crippen LogP contribution >= 0.6 is 0 Å². The summed E-state index contributed by atoms with van der Waals surface area (Å²) in [5, 5.41) is 3.07. The second-order valence-corrected chi connectivity index (χ2v) is 29.8. The first kappa shape index (κ1) is 46.6. The molecule has 0 atom stereocenters. The highest BCUT2D eigenvalue weighted by molar-refractivity contribution is 7.00. The molecular weight excluding hydrogens is 982 g/mol. The Morgan fingerprint density at radius 1 is 0.469 bits per heavy atom. The molecule has 1 aromatic heterocycles. The molecule has 9 aromatic rings. The summed E-state index contributed by atoms with van der Waals surface area (Å²) >= 11 is 0. The van der Waals surface area contributed by atoms with E-state index >= 15 is 0 Å². The lowest BCUT2D eigenvalue weighted by molar-refractivity contribution is 0.332. The van der Waals surface area contributed by atoms with E-state index in [9.17, 15) is 5.48 Å². The number of para-hydroxylation sites is 1. The normalized spacial score (nSPS) is 20.1. The van der Waals surface area contributed by atoms with Crippen LogP contribution in [-0.2, 0) is 37.9 Å². The van der Waals surface area contributed by atoms with Gasteiger partial charge in [-0.1, -0.05) is 177 Å². The van der Waals surface area contributed by atoms with Crippen molar-refractivity contribution in [3.63, 3.8) is 0 Å². The Labute approximate surface area is 490 Å². The van der Waals surface area contributed by atoms with Crippen molar-refractivity contribution in [1.29, 1.82) is 0 Å². The summed E-state index contributed by atoms with van der Waals surface area (Å²) in [7, 11) is 0. The van der Waals surface area contributed by atoms with Crippen LogP contribution in [0.4, 0.5) is 51.2 Å². The van der Waals surface area contributed by atoms with Gasteiger partial charge in [-0.05, 0) is 216 Å². The van der Waals surface area contributed by atoms with Gasteiger partial charge in [0.05, 0.1) is 23.9 Å². The monoisotopic (exact) mass is 1070 g/mol. The van der Waals surface area contributed by atoms with Gasteiger partial charge in [0, 0.05) is 45.2 Å². The highest BCUT2D eigenvalue weighted by Crippen LogP contribution is 2.56. The van der Waals surface area contributed by atoms with Crippen LogP contribution in [0.5, 0.6) is 0 Å². The largest absolute Gasteiger partial charge is 0.468 e. The van der Waals surface area contributed by atoms with E-state index in [0.29, 0.717) is 11.4 Å². The van der Waals surface area contributed by atoms with E-state index in [4.69, 9.17) is 5.79 Å². The van der Waals surface area contributed by atoms with Gasteiger partial charge in [0.25, 0.3) is 6.71 Å². The number of benzene rings is 8. The Bertz CT molecular complexity index is 4370. The molecule has 0 saturated carbocycles. The Morgan fingerprint density at radius 2 is 0.988 bits per heavy atom. The summed E-state index contributed by atoms with van der Waals surface area (Å²) in [5.41, 5.74) is 20.2. The predicted octanol–water partition coefficient (Wildman–Crippen LogP) is 19.5. The Hall–Kier alpha value is -6.98. The van der Waals surface area contributed by atoms with E-state index in [1.54, 1.807) is 0 Å². The van der Waals surface area contributed by atoms with Gasteiger partial charge in [-0.2, -0.15) is 0 Å². The van der Waals surface area contributed by atoms with E-state index in [-0.39, 0.29) is 74.5 Å². The maximum Gasteiger partial charge on any atom is 0.297 e. The highest BCUT2D eigenvalue weighted by atomic mass is 16.3. The van der Waals surface area contributed by atoms with Crippen molar-refractivity contribution in [2.75, 3.05) is 14.7 Å². The summed E-state index contributed by atoms with van der Waals surface area (Å²) in [6.45, 7) is 35.3. The summed E-state index contributed by atoms with van der Waals surface area (Å²) in [5.74, 6) is 0. The molecule has 5 heteroatoms. The molecule has 0 spiro atoms. The molecule has 0 fully saturated rings. The molecule has 0 saturated heterocycles. The van der Waals surface area contributed by atoms with Crippen LogP contribution in [0.15, 0.2) is 156 Å². The minimum atomic E-state index is -0.431. The first-order chi connectivity index (χ1) is 40.3. The fourth-order valence-electron chi connectivity index (χ4n) is 15.2. The number of fused-ring (bicyclic) bond motifs is 10. The van der Waals surface area contributed by atoms with Gasteiger partial charge in [-0.3, -0.25) is 0 Å². The predicted molar refractivity (Wildman–Crippen MR) is 347 cm³/mol. The number of nitrogens with zero attached hydrogens (tertiary/aromatic N) is 3. The molecule has 0 N–H and O–H groups in total. The molecule has 3 aliphatic carbocycles. The maximum atomic E-state index is 9.84. The van der Waals surface area contributed by atoms with Crippen molar-refractivity contribution < 1.29 is 11.3 Å². The summed E-state index contributed by atoms with van der Waals surface area (Å²) < 4.78 is 54.9. The molecule has 14 rings (SSSR count). The van der Waals surface area contributed by atoms with Gasteiger partial charge in [0.2, 0.25) is 0 Å². The third-order valence-corrected chi connectivity index (χ3v) is 20.6. The van der Waals surface area contributed by atoms with Crippen molar-refractivity contribution >= 4 is 96.2 Å². The molecule has 5 aliphatic rings. The number of hydrogen-bond acceptors (Lipinski definition) is 4. The second-order valence-electron chi connectivity index (χ2n) is 29.8. The van der Waals surface area contributed by atoms with Crippen molar-refractivity contribution in [2.45, 2.75) is 180 Å². The molecule has 0 amide bonds. The van der Waals surface area contributed by atoms with E-state index in [1.807, 2.05) is 23.1 Å². The minimum Gasteiger partial charge on any atom is -0.468 e. The Balaban J connectivity index is 1.18. The third kappa shape index (κ3) is 7.97. The Morgan fingerprint density at radius 3 is 1.57 bits per heavy atom. The number of rotatable bonds is 5. The number of furan rings is 1. The van der Waals surface area contributed by atoms with Crippen LogP contribution in [0.1, 0.15) is 188 Å². The molecule has 4 nitrogen and oxygen atoms in total. The number of hydrogen-bond donors (Lipinski definition) is 0. The van der Waals surface area contributed by atoms with Gasteiger partial charge in [0.1, 0.15) is 5.58 Å². The topological polar surface area (TPSA) is 22.9 Å². The van der Waals surface area contributed by atoms with Gasteiger partial charge in [0.15, 0.2) is 0 Å². The van der Waals surface area contributed by atoms with Crippen LogP contribution < -0.4 is 31.3 Å². The first-order valence-electron chi connectivity index (χ1n) is 32.5. The van der Waals surface area contributed by atoms with E-state index < -0.39 is 6.04 Å². The molecule has 0 radical (unpaired) electrons. The molecule has 0 bridgehead atoms. The van der Waals surface area contributed by atoms with Gasteiger partial charge in [-0.25, -0.2) is 0 Å². The molecule has 410 valence electrons. The lowest BCUT2D eigenvalue weighted by Crippen LogP contribution is -2.61. The quantitative estimate of drug-likeness (QED) is 0.160. The number of anilines is 9. The zero-order chi connectivity index (χ0) is 61.1. The second kappa shape index (κ2) is 17.3. The minimum absolute atomic E-state index is 0.0141. The molecule has 0 unspecified atom stereocenters. The standard InChI is InChI=1S/C76H82BN3O/c1-70(2,3)49-26-32-63-62(40-49)77-67-64(79(63)52-28-30-56-58(41-52)73(8,9)35-33-71(56,4)5)43-54(78(50-23-17-16-18-24-50)51-27-25-47-21-19-20-22-48(47)39-51)44-65(67)80(53-29-31-57-59(42-53)74(10,11)36-34-72(57,6)7)68-55-45-60-61(46-66(55)81-69(68)77)76(14,15)38-37-75(60,12)13/h16-32,39-46H,33-38H2,1-15H3/i16D,17D,18D,23D,24D. The molecule has 2 aliphatic heterocycles. The smallest absolute Gasteiger partial charge is 0.297 e. The van der Waals surface area contributed by atoms with Crippen molar-refractivity contribution in [3.05, 3.63) is 190 Å². The third-order valence-electron chi connectivity index (χ3n) is 20.6. The van der Waals surface area contributed by atoms with Crippen LogP contribution in [0.2, 0.25) is 0 Å². The van der Waals surface area contributed by atoms with Crippen molar-refractivity contribution in [2.24, 2.45) is 0 Å². The summed E-state index contributed by atoms with van der Waals surface area (Å²) in [6.07, 6.45) is 6.43.